The number of likely N-dealkylation sites (tertiary alicyclic amines) is 1. The van der Waals surface area contributed by atoms with E-state index in [0.717, 1.165) is 12.1 Å². The number of carbonyl (C=O) groups is 3. The molecule has 1 saturated heterocycles. The third kappa shape index (κ3) is 2.88. The van der Waals surface area contributed by atoms with Crippen LogP contribution in [-0.2, 0) is 11.3 Å². The van der Waals surface area contributed by atoms with Crippen LogP contribution in [0.4, 0.5) is 0 Å². The van der Waals surface area contributed by atoms with Crippen LogP contribution in [0.15, 0.2) is 47.3 Å². The van der Waals surface area contributed by atoms with Gasteiger partial charge in [-0.25, -0.2) is 0 Å². The van der Waals surface area contributed by atoms with Crippen LogP contribution in [0.2, 0.25) is 0 Å². The van der Waals surface area contributed by atoms with Gasteiger partial charge in [-0.1, -0.05) is 18.2 Å². The van der Waals surface area contributed by atoms with Gasteiger partial charge in [0.15, 0.2) is 0 Å². The molecule has 3 aliphatic heterocycles. The summed E-state index contributed by atoms with van der Waals surface area (Å²) in [5.41, 5.74) is 1.81. The molecule has 148 valence electrons. The number of amides is 3. The average Bonchev–Trinajstić information content (AvgIpc) is 2.97. The quantitative estimate of drug-likeness (QED) is 0.743. The number of fused-ring (bicyclic) bond motifs is 5. The van der Waals surface area contributed by atoms with E-state index in [9.17, 15) is 19.2 Å². The number of hydrogen-bond donors (Lipinski definition) is 0. The summed E-state index contributed by atoms with van der Waals surface area (Å²) < 4.78 is 1.83. The van der Waals surface area contributed by atoms with Crippen molar-refractivity contribution in [2.75, 3.05) is 19.6 Å². The number of aromatic nitrogens is 1. The summed E-state index contributed by atoms with van der Waals surface area (Å²) in [7, 11) is 0. The van der Waals surface area contributed by atoms with Gasteiger partial charge in [-0.05, 0) is 30.5 Å². The molecule has 0 aliphatic carbocycles. The first-order valence-electron chi connectivity index (χ1n) is 9.95. The molecular weight excluding hydrogens is 370 g/mol. The van der Waals surface area contributed by atoms with Crippen molar-refractivity contribution in [3.63, 3.8) is 0 Å². The summed E-state index contributed by atoms with van der Waals surface area (Å²) in [6, 6.07) is 12.1. The van der Waals surface area contributed by atoms with Crippen LogP contribution >= 0.6 is 0 Å². The first-order chi connectivity index (χ1) is 14.0. The fourth-order valence-electron chi connectivity index (χ4n) is 4.91. The Balaban J connectivity index is 1.27. The van der Waals surface area contributed by atoms with E-state index in [1.54, 1.807) is 36.4 Å². The van der Waals surface area contributed by atoms with Gasteiger partial charge in [0.1, 0.15) is 0 Å². The standard InChI is InChI=1S/C22H21N3O4/c26-19(8-9-24-21(28)16-4-1-2-5-17(16)22(24)29)23-11-14-10-15(13-23)18-6-3-7-20(27)25(18)12-14/h1-7,14-15H,8-13H2/t14-,15+/m1/s1. The number of carbonyl (C=O) groups excluding carboxylic acids is 3. The summed E-state index contributed by atoms with van der Waals surface area (Å²) in [6.07, 6.45) is 1.10. The molecule has 1 aromatic carbocycles. The van der Waals surface area contributed by atoms with E-state index in [-0.39, 0.29) is 48.1 Å². The second kappa shape index (κ2) is 6.69. The van der Waals surface area contributed by atoms with Crippen LogP contribution in [0, 0.1) is 5.92 Å². The Morgan fingerprint density at radius 2 is 1.62 bits per heavy atom. The normalized spacial score (nSPS) is 22.5. The van der Waals surface area contributed by atoms with Crippen molar-refractivity contribution in [3.05, 3.63) is 69.6 Å². The number of pyridine rings is 1. The summed E-state index contributed by atoms with van der Waals surface area (Å²) >= 11 is 0. The van der Waals surface area contributed by atoms with Gasteiger partial charge in [-0.15, -0.1) is 0 Å². The Morgan fingerprint density at radius 3 is 2.34 bits per heavy atom. The van der Waals surface area contributed by atoms with E-state index in [0.29, 0.717) is 30.8 Å². The maximum absolute atomic E-state index is 12.9. The molecule has 0 unspecified atom stereocenters. The van der Waals surface area contributed by atoms with Crippen molar-refractivity contribution < 1.29 is 14.4 Å². The Bertz CT molecular complexity index is 1050. The highest BCUT2D eigenvalue weighted by Gasteiger charge is 2.38. The smallest absolute Gasteiger partial charge is 0.261 e. The molecule has 4 heterocycles. The lowest BCUT2D eigenvalue weighted by Gasteiger charge is -2.42. The number of piperidine rings is 1. The molecule has 0 N–H and O–H groups in total. The molecule has 3 amide bonds. The number of imide groups is 1. The third-order valence-electron chi connectivity index (χ3n) is 6.26. The van der Waals surface area contributed by atoms with Crippen molar-refractivity contribution in [3.8, 4) is 0 Å². The average molecular weight is 391 g/mol. The van der Waals surface area contributed by atoms with Crippen LogP contribution < -0.4 is 5.56 Å². The molecule has 7 nitrogen and oxygen atoms in total. The largest absolute Gasteiger partial charge is 0.342 e. The van der Waals surface area contributed by atoms with E-state index >= 15 is 0 Å². The molecule has 0 radical (unpaired) electrons. The second-order valence-corrected chi connectivity index (χ2v) is 8.05. The molecule has 7 heteroatoms. The highest BCUT2D eigenvalue weighted by molar-refractivity contribution is 6.21. The highest BCUT2D eigenvalue weighted by Crippen LogP contribution is 2.35. The fraction of sp³-hybridized carbons (Fsp3) is 0.364. The second-order valence-electron chi connectivity index (χ2n) is 8.05. The molecule has 1 fully saturated rings. The Morgan fingerprint density at radius 1 is 0.897 bits per heavy atom. The molecule has 2 bridgehead atoms. The number of nitrogens with zero attached hydrogens (tertiary/aromatic N) is 3. The van der Waals surface area contributed by atoms with Crippen molar-refractivity contribution in [2.45, 2.75) is 25.3 Å². The number of benzene rings is 1. The predicted molar refractivity (Wildman–Crippen MR) is 105 cm³/mol. The van der Waals surface area contributed by atoms with E-state index < -0.39 is 0 Å². The molecule has 3 aliphatic rings. The highest BCUT2D eigenvalue weighted by atomic mass is 16.2. The summed E-state index contributed by atoms with van der Waals surface area (Å²) in [6.45, 7) is 1.90. The van der Waals surface area contributed by atoms with E-state index in [2.05, 4.69) is 0 Å². The maximum atomic E-state index is 12.9. The molecule has 2 atom stereocenters. The maximum Gasteiger partial charge on any atom is 0.261 e. The van der Waals surface area contributed by atoms with Gasteiger partial charge in [-0.3, -0.25) is 24.1 Å². The van der Waals surface area contributed by atoms with Crippen molar-refractivity contribution in [2.24, 2.45) is 5.92 Å². The Kier molecular flexibility index (Phi) is 4.12. The topological polar surface area (TPSA) is 79.7 Å². The van der Waals surface area contributed by atoms with Gasteiger partial charge >= 0.3 is 0 Å². The molecule has 1 aromatic heterocycles. The zero-order valence-electron chi connectivity index (χ0n) is 15.9. The SMILES string of the molecule is O=C(CCN1C(=O)c2ccccc2C1=O)N1C[C@H]2C[C@@H](C1)c1cccc(=O)n1C2. The molecular formula is C22H21N3O4. The Labute approximate surface area is 167 Å². The number of hydrogen-bond acceptors (Lipinski definition) is 4. The zero-order chi connectivity index (χ0) is 20.1. The van der Waals surface area contributed by atoms with Crippen LogP contribution in [0.5, 0.6) is 0 Å². The van der Waals surface area contributed by atoms with Crippen LogP contribution in [0.1, 0.15) is 45.2 Å². The van der Waals surface area contributed by atoms with E-state index in [1.165, 1.54) is 4.90 Å². The van der Waals surface area contributed by atoms with Crippen molar-refractivity contribution >= 4 is 17.7 Å². The van der Waals surface area contributed by atoms with Gasteiger partial charge in [0.2, 0.25) is 5.91 Å². The monoisotopic (exact) mass is 391 g/mol. The molecule has 2 aromatic rings. The first-order valence-corrected chi connectivity index (χ1v) is 9.95. The summed E-state index contributed by atoms with van der Waals surface area (Å²) in [5.74, 6) is -0.309. The molecule has 5 rings (SSSR count). The minimum Gasteiger partial charge on any atom is -0.342 e. The lowest BCUT2D eigenvalue weighted by Crippen LogP contribution is -2.49. The molecule has 29 heavy (non-hydrogen) atoms. The summed E-state index contributed by atoms with van der Waals surface area (Å²) in [4.78, 5) is 52.9. The van der Waals surface area contributed by atoms with Gasteiger partial charge in [0, 0.05) is 50.3 Å². The lowest BCUT2D eigenvalue weighted by molar-refractivity contribution is -0.134. The third-order valence-corrected chi connectivity index (χ3v) is 6.26. The van der Waals surface area contributed by atoms with Gasteiger partial charge in [0.25, 0.3) is 17.4 Å². The van der Waals surface area contributed by atoms with Gasteiger partial charge in [0.05, 0.1) is 11.1 Å². The zero-order valence-corrected chi connectivity index (χ0v) is 15.9. The van der Waals surface area contributed by atoms with Crippen molar-refractivity contribution in [1.82, 2.24) is 14.4 Å². The van der Waals surface area contributed by atoms with Crippen molar-refractivity contribution in [1.29, 1.82) is 0 Å². The minimum absolute atomic E-state index is 0.0163. The fourth-order valence-corrected chi connectivity index (χ4v) is 4.91. The lowest BCUT2D eigenvalue weighted by atomic mass is 9.83. The molecule has 0 spiro atoms. The van der Waals surface area contributed by atoms with Gasteiger partial charge < -0.3 is 9.47 Å². The first kappa shape index (κ1) is 17.8. The van der Waals surface area contributed by atoms with E-state index in [1.807, 2.05) is 15.5 Å². The van der Waals surface area contributed by atoms with Gasteiger partial charge in [-0.2, -0.15) is 0 Å². The van der Waals surface area contributed by atoms with E-state index in [4.69, 9.17) is 0 Å². The molecule has 0 saturated carbocycles. The summed E-state index contributed by atoms with van der Waals surface area (Å²) in [5, 5.41) is 0. The van der Waals surface area contributed by atoms with Crippen LogP contribution in [0.3, 0.4) is 0 Å². The minimum atomic E-state index is -0.331. The van der Waals surface area contributed by atoms with Crippen LogP contribution in [0.25, 0.3) is 0 Å². The number of rotatable bonds is 3. The Hall–Kier alpha value is -3.22. The predicted octanol–water partition coefficient (Wildman–Crippen LogP) is 1.48. The van der Waals surface area contributed by atoms with Crippen LogP contribution in [-0.4, -0.2) is 51.7 Å².